The summed E-state index contributed by atoms with van der Waals surface area (Å²) in [5, 5.41) is 14.3. The van der Waals surface area contributed by atoms with E-state index < -0.39 is 8.07 Å². The van der Waals surface area contributed by atoms with Crippen molar-refractivity contribution in [2.24, 2.45) is 4.99 Å². The molecule has 1 aromatic heterocycles. The van der Waals surface area contributed by atoms with Crippen LogP contribution in [0.2, 0.25) is 6.55 Å². The van der Waals surface area contributed by atoms with Gasteiger partial charge >= 0.3 is 199 Å². The molecule has 7 heteroatoms. The molecule has 0 spiro atoms. The Hall–Kier alpha value is -1.76. The average Bonchev–Trinajstić information content (AvgIpc) is 3.07. The van der Waals surface area contributed by atoms with E-state index >= 15 is 0 Å². The van der Waals surface area contributed by atoms with Gasteiger partial charge in [0.25, 0.3) is 0 Å². The van der Waals surface area contributed by atoms with Crippen molar-refractivity contribution in [2.45, 2.75) is 6.55 Å². The second kappa shape index (κ2) is 7.43. The second-order valence-corrected chi connectivity index (χ2v) is 16.3. The van der Waals surface area contributed by atoms with Gasteiger partial charge in [-0.05, 0) is 0 Å². The number of ketones is 1. The van der Waals surface area contributed by atoms with Crippen molar-refractivity contribution in [3.8, 4) is 15.8 Å². The van der Waals surface area contributed by atoms with Gasteiger partial charge in [-0.2, -0.15) is 0 Å². The predicted molar refractivity (Wildman–Crippen MR) is 133 cm³/mol. The van der Waals surface area contributed by atoms with E-state index in [0.29, 0.717) is 0 Å². The van der Waals surface area contributed by atoms with Crippen LogP contribution in [0.3, 0.4) is 0 Å². The standard InChI is InChI=1S/C23H15Br2NO2SeSi/c1-30(14-5-3-2-4-6-14)20-11-13(27)7-8-16(20)26-17-9-10-18(28)21(22(17)30)19-12-15(24)23(25)29-19/h2-12,28H,1H3. The third-order valence-electron chi connectivity index (χ3n) is 5.65. The first-order chi connectivity index (χ1) is 14.4. The number of aliphatic imine (C=N–C) groups is 1. The van der Waals surface area contributed by atoms with Crippen LogP contribution in [0.25, 0.3) is 10.0 Å². The van der Waals surface area contributed by atoms with Gasteiger partial charge in [-0.3, -0.25) is 0 Å². The Labute approximate surface area is 197 Å². The number of hydrogen-bond donors (Lipinski definition) is 1. The van der Waals surface area contributed by atoms with Gasteiger partial charge in [-0.1, -0.05) is 0 Å². The molecule has 0 bridgehead atoms. The Balaban J connectivity index is 1.92. The SMILES string of the molecule is C[Si]1(c2ccccc2)C2=CC(=O)C=CC2=Nc2ccc(O)c(-c3cc(Br)c(Br)[se]3)c21. The molecule has 0 saturated carbocycles. The van der Waals surface area contributed by atoms with E-state index in [4.69, 9.17) is 4.99 Å². The average molecular weight is 604 g/mol. The zero-order chi connectivity index (χ0) is 21.0. The van der Waals surface area contributed by atoms with Gasteiger partial charge in [0.05, 0.1) is 0 Å². The zero-order valence-electron chi connectivity index (χ0n) is 15.8. The minimum atomic E-state index is -2.61. The molecule has 0 radical (unpaired) electrons. The Kier molecular flexibility index (Phi) is 4.99. The molecule has 5 rings (SSSR count). The van der Waals surface area contributed by atoms with Crippen molar-refractivity contribution < 1.29 is 9.90 Å². The minimum absolute atomic E-state index is 0.0137. The first-order valence-electron chi connectivity index (χ1n) is 9.30. The molecular formula is C23H15Br2NO2SeSi. The van der Waals surface area contributed by atoms with Crippen molar-refractivity contribution in [1.82, 2.24) is 0 Å². The van der Waals surface area contributed by atoms with Crippen molar-refractivity contribution in [2.75, 3.05) is 0 Å². The monoisotopic (exact) mass is 603 g/mol. The Morgan fingerprint density at radius 3 is 2.53 bits per heavy atom. The molecule has 1 atom stereocenters. The number of hydrogen-bond acceptors (Lipinski definition) is 3. The molecular weight excluding hydrogens is 589 g/mol. The molecule has 1 aliphatic carbocycles. The summed E-state index contributed by atoms with van der Waals surface area (Å²) in [5.74, 6) is 0.246. The summed E-state index contributed by atoms with van der Waals surface area (Å²) in [5.41, 5.74) is 2.59. The van der Waals surface area contributed by atoms with Crippen molar-refractivity contribution in [1.29, 1.82) is 0 Å². The first-order valence-corrected chi connectivity index (χ1v) is 15.1. The maximum absolute atomic E-state index is 12.4. The van der Waals surface area contributed by atoms with E-state index in [9.17, 15) is 9.90 Å². The van der Waals surface area contributed by atoms with E-state index in [-0.39, 0.29) is 26.0 Å². The first kappa shape index (κ1) is 20.2. The number of carbonyl (C=O) groups excluding carboxylic acids is 1. The van der Waals surface area contributed by atoms with Gasteiger partial charge < -0.3 is 0 Å². The van der Waals surface area contributed by atoms with Crippen molar-refractivity contribution >= 4 is 82.0 Å². The van der Waals surface area contributed by atoms with Gasteiger partial charge in [-0.15, -0.1) is 0 Å². The van der Waals surface area contributed by atoms with E-state index in [2.05, 4.69) is 56.6 Å². The third-order valence-corrected chi connectivity index (χ3v) is 15.1. The molecule has 148 valence electrons. The van der Waals surface area contributed by atoms with Gasteiger partial charge in [0.2, 0.25) is 0 Å². The Bertz CT molecular complexity index is 1290. The van der Waals surface area contributed by atoms with E-state index in [0.717, 1.165) is 39.6 Å². The Morgan fingerprint density at radius 1 is 1.07 bits per heavy atom. The van der Waals surface area contributed by atoms with Crippen LogP contribution in [-0.4, -0.2) is 39.2 Å². The van der Waals surface area contributed by atoms with Crippen LogP contribution >= 0.6 is 31.9 Å². The van der Waals surface area contributed by atoms with Crippen LogP contribution in [0.4, 0.5) is 5.69 Å². The fraction of sp³-hybridized carbons (Fsp3) is 0.0435. The van der Waals surface area contributed by atoms with Crippen LogP contribution in [0, 0.1) is 0 Å². The topological polar surface area (TPSA) is 49.7 Å². The molecule has 30 heavy (non-hydrogen) atoms. The summed E-state index contributed by atoms with van der Waals surface area (Å²) in [7, 11) is -2.61. The number of nitrogens with zero attached hydrogens (tertiary/aromatic N) is 1. The number of allylic oxidation sites excluding steroid dienone is 4. The van der Waals surface area contributed by atoms with Crippen LogP contribution in [0.5, 0.6) is 5.75 Å². The summed E-state index contributed by atoms with van der Waals surface area (Å²) in [6.07, 6.45) is 5.15. The summed E-state index contributed by atoms with van der Waals surface area (Å²) < 4.78 is 3.22. The Morgan fingerprint density at radius 2 is 1.83 bits per heavy atom. The molecule has 0 fully saturated rings. The van der Waals surface area contributed by atoms with Crippen molar-refractivity contribution in [3.63, 3.8) is 0 Å². The number of phenolic OH excluding ortho intramolecular Hbond substituents is 1. The molecule has 2 aromatic carbocycles. The third kappa shape index (κ3) is 3.03. The van der Waals surface area contributed by atoms with Crippen LogP contribution in [-0.2, 0) is 4.79 Å². The summed E-state index contributed by atoms with van der Waals surface area (Å²) >= 11 is 7.29. The molecule has 1 aliphatic heterocycles. The van der Waals surface area contributed by atoms with E-state index in [1.165, 1.54) is 5.19 Å². The van der Waals surface area contributed by atoms with E-state index in [1.807, 2.05) is 30.3 Å². The van der Waals surface area contributed by atoms with E-state index in [1.54, 1.807) is 18.2 Å². The van der Waals surface area contributed by atoms with Crippen LogP contribution in [0.15, 0.2) is 84.8 Å². The van der Waals surface area contributed by atoms with Gasteiger partial charge in [0.15, 0.2) is 0 Å². The number of phenols is 1. The quantitative estimate of drug-likeness (QED) is 0.346. The molecule has 0 saturated heterocycles. The molecule has 2 aliphatic rings. The van der Waals surface area contributed by atoms with Gasteiger partial charge in [-0.25, -0.2) is 0 Å². The van der Waals surface area contributed by atoms with Crippen molar-refractivity contribution in [3.05, 3.63) is 79.8 Å². The summed E-state index contributed by atoms with van der Waals surface area (Å²) in [6.45, 7) is 2.26. The number of benzene rings is 2. The number of carbonyl (C=O) groups is 1. The number of fused-ring (bicyclic) bond motifs is 2. The molecule has 1 N–H and O–H groups in total. The fourth-order valence-corrected chi connectivity index (χ4v) is 12.4. The van der Waals surface area contributed by atoms with Gasteiger partial charge in [0, 0.05) is 0 Å². The van der Waals surface area contributed by atoms with Crippen LogP contribution < -0.4 is 10.4 Å². The molecule has 0 amide bonds. The summed E-state index contributed by atoms with van der Waals surface area (Å²) in [4.78, 5) is 17.3. The normalized spacial score (nSPS) is 19.8. The number of rotatable bonds is 2. The number of aromatic hydroxyl groups is 1. The predicted octanol–water partition coefficient (Wildman–Crippen LogP) is 4.52. The molecule has 3 nitrogen and oxygen atoms in total. The fourth-order valence-electron chi connectivity index (χ4n) is 4.25. The molecule has 1 unspecified atom stereocenters. The zero-order valence-corrected chi connectivity index (χ0v) is 21.7. The summed E-state index contributed by atoms with van der Waals surface area (Å²) in [6, 6.07) is 16.1. The molecule has 3 aromatic rings. The van der Waals surface area contributed by atoms with Crippen LogP contribution in [0.1, 0.15) is 0 Å². The van der Waals surface area contributed by atoms with Gasteiger partial charge in [0.1, 0.15) is 0 Å². The molecule has 2 heterocycles. The second-order valence-electron chi connectivity index (χ2n) is 7.37. The maximum atomic E-state index is 12.4. The number of halogens is 2.